The van der Waals surface area contributed by atoms with Gasteiger partial charge in [-0.25, -0.2) is 0 Å². The number of nitrogens with one attached hydrogen (secondary N) is 1. The monoisotopic (exact) mass is 353 g/mol. The Morgan fingerprint density at radius 1 is 0.952 bits per heavy atom. The summed E-state index contributed by atoms with van der Waals surface area (Å²) in [7, 11) is 0. The number of para-hydroxylation sites is 1. The molecule has 0 aromatic heterocycles. The first-order chi connectivity index (χ1) is 9.77. The second kappa shape index (κ2) is 6.34. The van der Waals surface area contributed by atoms with E-state index in [1.54, 1.807) is 18.2 Å². The fourth-order valence-electron chi connectivity index (χ4n) is 1.84. The van der Waals surface area contributed by atoms with E-state index >= 15 is 0 Å². The molecule has 112 valence electrons. The molecule has 1 nitrogen and oxygen atoms in total. The molecule has 7 heteroatoms. The Bertz CT molecular complexity index is 636. The summed E-state index contributed by atoms with van der Waals surface area (Å²) in [6.07, 6.45) is -4.49. The first kappa shape index (κ1) is 16.3. The zero-order valence-corrected chi connectivity index (χ0v) is 12.7. The lowest BCUT2D eigenvalue weighted by atomic mass is 10.1. The first-order valence-electron chi connectivity index (χ1n) is 5.82. The SMILES string of the molecule is FC(F)(F)c1cccc(Cl)c1NCc1cc(Cl)cc(Cl)c1. The van der Waals surface area contributed by atoms with Gasteiger partial charge in [0.1, 0.15) is 0 Å². The van der Waals surface area contributed by atoms with E-state index in [1.807, 2.05) is 0 Å². The number of benzene rings is 2. The summed E-state index contributed by atoms with van der Waals surface area (Å²) < 4.78 is 38.8. The Morgan fingerprint density at radius 2 is 1.57 bits per heavy atom. The van der Waals surface area contributed by atoms with Crippen LogP contribution in [0.4, 0.5) is 18.9 Å². The largest absolute Gasteiger partial charge is 0.418 e. The highest BCUT2D eigenvalue weighted by atomic mass is 35.5. The van der Waals surface area contributed by atoms with Crippen LogP contribution >= 0.6 is 34.8 Å². The van der Waals surface area contributed by atoms with E-state index in [9.17, 15) is 13.2 Å². The quantitative estimate of drug-likeness (QED) is 0.684. The van der Waals surface area contributed by atoms with Gasteiger partial charge in [-0.2, -0.15) is 13.2 Å². The molecule has 0 bridgehead atoms. The lowest BCUT2D eigenvalue weighted by Crippen LogP contribution is -2.11. The Balaban J connectivity index is 2.28. The van der Waals surface area contributed by atoms with Gasteiger partial charge in [-0.3, -0.25) is 0 Å². The molecule has 0 atom stereocenters. The van der Waals surface area contributed by atoms with Gasteiger partial charge >= 0.3 is 6.18 Å². The summed E-state index contributed by atoms with van der Waals surface area (Å²) in [4.78, 5) is 0. The molecule has 21 heavy (non-hydrogen) atoms. The van der Waals surface area contributed by atoms with Crippen molar-refractivity contribution in [1.82, 2.24) is 0 Å². The first-order valence-corrected chi connectivity index (χ1v) is 6.95. The van der Waals surface area contributed by atoms with Crippen molar-refractivity contribution in [3.05, 3.63) is 62.6 Å². The molecule has 2 rings (SSSR count). The number of hydrogen-bond acceptors (Lipinski definition) is 1. The number of halogens is 6. The van der Waals surface area contributed by atoms with E-state index in [2.05, 4.69) is 5.32 Å². The highest BCUT2D eigenvalue weighted by molar-refractivity contribution is 6.34. The average Bonchev–Trinajstić information content (AvgIpc) is 2.34. The summed E-state index contributed by atoms with van der Waals surface area (Å²) in [6, 6.07) is 8.40. The van der Waals surface area contributed by atoms with Gasteiger partial charge in [-0.15, -0.1) is 0 Å². The summed E-state index contributed by atoms with van der Waals surface area (Å²) >= 11 is 17.5. The van der Waals surface area contributed by atoms with Crippen LogP contribution < -0.4 is 5.32 Å². The van der Waals surface area contributed by atoms with Crippen LogP contribution in [0.25, 0.3) is 0 Å². The highest BCUT2D eigenvalue weighted by Gasteiger charge is 2.34. The Morgan fingerprint density at radius 3 is 2.14 bits per heavy atom. The van der Waals surface area contributed by atoms with Gasteiger partial charge in [-0.05, 0) is 35.9 Å². The predicted molar refractivity (Wildman–Crippen MR) is 80.2 cm³/mol. The highest BCUT2D eigenvalue weighted by Crippen LogP contribution is 2.38. The summed E-state index contributed by atoms with van der Waals surface area (Å²) in [5.41, 5.74) is -0.327. The smallest absolute Gasteiger partial charge is 0.379 e. The van der Waals surface area contributed by atoms with Crippen molar-refractivity contribution < 1.29 is 13.2 Å². The molecule has 0 spiro atoms. The standard InChI is InChI=1S/C14H9Cl3F3N/c15-9-4-8(5-10(16)6-9)7-21-13-11(14(18,19)20)2-1-3-12(13)17/h1-6,21H,7H2. The fraction of sp³-hybridized carbons (Fsp3) is 0.143. The van der Waals surface area contributed by atoms with Gasteiger partial charge in [0.25, 0.3) is 0 Å². The molecule has 2 aromatic rings. The van der Waals surface area contributed by atoms with Gasteiger partial charge in [-0.1, -0.05) is 40.9 Å². The molecule has 0 fully saturated rings. The van der Waals surface area contributed by atoms with Crippen molar-refractivity contribution in [1.29, 1.82) is 0 Å². The zero-order valence-electron chi connectivity index (χ0n) is 10.4. The van der Waals surface area contributed by atoms with E-state index in [0.717, 1.165) is 6.07 Å². The van der Waals surface area contributed by atoms with Crippen molar-refractivity contribution in [2.24, 2.45) is 0 Å². The fourth-order valence-corrected chi connectivity index (χ4v) is 2.66. The van der Waals surface area contributed by atoms with Gasteiger partial charge in [0.15, 0.2) is 0 Å². The number of hydrogen-bond donors (Lipinski definition) is 1. The number of anilines is 1. The molecule has 0 radical (unpaired) electrons. The van der Waals surface area contributed by atoms with E-state index in [0.29, 0.717) is 15.6 Å². The van der Waals surface area contributed by atoms with Crippen LogP contribution in [0.1, 0.15) is 11.1 Å². The molecule has 0 saturated heterocycles. The minimum Gasteiger partial charge on any atom is -0.379 e. The molecule has 0 saturated carbocycles. The molecule has 0 amide bonds. The zero-order chi connectivity index (χ0) is 15.6. The molecule has 2 aromatic carbocycles. The van der Waals surface area contributed by atoms with Gasteiger partial charge in [0.2, 0.25) is 0 Å². The maximum absolute atomic E-state index is 12.9. The molecule has 1 N–H and O–H groups in total. The Labute approximate surface area is 134 Å². The Kier molecular flexibility index (Phi) is 4.91. The predicted octanol–water partition coefficient (Wildman–Crippen LogP) is 6.28. The van der Waals surface area contributed by atoms with Gasteiger partial charge in [0, 0.05) is 16.6 Å². The van der Waals surface area contributed by atoms with E-state index in [-0.39, 0.29) is 17.3 Å². The van der Waals surface area contributed by atoms with Gasteiger partial charge < -0.3 is 5.32 Å². The Hall–Kier alpha value is -1.10. The summed E-state index contributed by atoms with van der Waals surface area (Å²) in [5, 5.41) is 3.51. The molecule has 0 heterocycles. The third-order valence-electron chi connectivity index (χ3n) is 2.71. The third-order valence-corrected chi connectivity index (χ3v) is 3.46. The van der Waals surface area contributed by atoms with Crippen molar-refractivity contribution in [3.8, 4) is 0 Å². The summed E-state index contributed by atoms with van der Waals surface area (Å²) in [6.45, 7) is 0.118. The lowest BCUT2D eigenvalue weighted by molar-refractivity contribution is -0.136. The van der Waals surface area contributed by atoms with Crippen LogP contribution in [0.3, 0.4) is 0 Å². The van der Waals surface area contributed by atoms with Gasteiger partial charge in [0.05, 0.1) is 16.3 Å². The van der Waals surface area contributed by atoms with Crippen LogP contribution in [-0.2, 0) is 12.7 Å². The molecule has 0 unspecified atom stereocenters. The van der Waals surface area contributed by atoms with Crippen LogP contribution in [0.15, 0.2) is 36.4 Å². The minimum absolute atomic E-state index is 0.00190. The van der Waals surface area contributed by atoms with Crippen LogP contribution in [-0.4, -0.2) is 0 Å². The van der Waals surface area contributed by atoms with Crippen molar-refractivity contribution in [2.45, 2.75) is 12.7 Å². The van der Waals surface area contributed by atoms with E-state index in [4.69, 9.17) is 34.8 Å². The molecular formula is C14H9Cl3F3N. The molecular weight excluding hydrogens is 346 g/mol. The third kappa shape index (κ3) is 4.19. The molecule has 0 aliphatic rings. The minimum atomic E-state index is -4.49. The average molecular weight is 355 g/mol. The van der Waals surface area contributed by atoms with Crippen LogP contribution in [0.2, 0.25) is 15.1 Å². The topological polar surface area (TPSA) is 12.0 Å². The molecule has 0 aliphatic carbocycles. The normalized spacial score (nSPS) is 11.5. The van der Waals surface area contributed by atoms with E-state index < -0.39 is 11.7 Å². The van der Waals surface area contributed by atoms with Crippen LogP contribution in [0.5, 0.6) is 0 Å². The second-order valence-corrected chi connectivity index (χ2v) is 5.57. The van der Waals surface area contributed by atoms with E-state index in [1.165, 1.54) is 12.1 Å². The number of rotatable bonds is 3. The second-order valence-electron chi connectivity index (χ2n) is 4.29. The molecule has 0 aliphatic heterocycles. The van der Waals surface area contributed by atoms with Crippen molar-refractivity contribution in [3.63, 3.8) is 0 Å². The maximum atomic E-state index is 12.9. The van der Waals surface area contributed by atoms with Crippen molar-refractivity contribution in [2.75, 3.05) is 5.32 Å². The summed E-state index contributed by atoms with van der Waals surface area (Å²) in [5.74, 6) is 0. The lowest BCUT2D eigenvalue weighted by Gasteiger charge is -2.16. The number of alkyl halides is 3. The van der Waals surface area contributed by atoms with Crippen molar-refractivity contribution >= 4 is 40.5 Å². The maximum Gasteiger partial charge on any atom is 0.418 e. The van der Waals surface area contributed by atoms with Crippen LogP contribution in [0, 0.1) is 0 Å².